The Morgan fingerprint density at radius 3 is 2.68 bits per heavy atom. The summed E-state index contributed by atoms with van der Waals surface area (Å²) in [5.74, 6) is 0.911. The summed E-state index contributed by atoms with van der Waals surface area (Å²) >= 11 is 0. The number of amides is 1. The van der Waals surface area contributed by atoms with E-state index in [0.29, 0.717) is 19.7 Å². The van der Waals surface area contributed by atoms with Crippen molar-refractivity contribution in [1.29, 1.82) is 0 Å². The Morgan fingerprint density at radius 1 is 1.18 bits per heavy atom. The topological polar surface area (TPSA) is 55.2 Å². The Bertz CT molecular complexity index is 868. The summed E-state index contributed by atoms with van der Waals surface area (Å²) in [6, 6.07) is 4.15. The number of rotatable bonds is 1. The predicted octanol–water partition coefficient (Wildman–Crippen LogP) is 4.11. The van der Waals surface area contributed by atoms with E-state index in [1.54, 1.807) is 12.5 Å². The van der Waals surface area contributed by atoms with Crippen LogP contribution < -0.4 is 9.64 Å². The number of fused-ring (bicyclic) bond motifs is 2. The quantitative estimate of drug-likeness (QED) is 0.741. The second-order valence-electron chi connectivity index (χ2n) is 8.49. The first-order valence-electron chi connectivity index (χ1n) is 9.86. The van der Waals surface area contributed by atoms with Crippen molar-refractivity contribution in [1.82, 2.24) is 4.90 Å². The zero-order valence-electron chi connectivity index (χ0n) is 17.1. The van der Waals surface area contributed by atoms with Crippen LogP contribution in [0.2, 0.25) is 0 Å². The van der Waals surface area contributed by atoms with Crippen LogP contribution in [0.25, 0.3) is 11.1 Å². The molecule has 1 aromatic heterocycles. The van der Waals surface area contributed by atoms with Gasteiger partial charge in [-0.05, 0) is 56.9 Å². The second kappa shape index (κ2) is 7.08. The van der Waals surface area contributed by atoms with E-state index in [0.717, 1.165) is 42.0 Å². The Hall–Kier alpha value is -2.63. The van der Waals surface area contributed by atoms with E-state index in [1.807, 2.05) is 31.7 Å². The maximum absolute atomic E-state index is 12.6. The Balaban J connectivity index is 1.72. The summed E-state index contributed by atoms with van der Waals surface area (Å²) in [5, 5.41) is 0. The van der Waals surface area contributed by atoms with Crippen LogP contribution in [-0.4, -0.2) is 49.9 Å². The van der Waals surface area contributed by atoms with Crippen LogP contribution in [0.4, 0.5) is 10.5 Å². The number of anilines is 1. The van der Waals surface area contributed by atoms with Gasteiger partial charge in [0.15, 0.2) is 0 Å². The zero-order chi connectivity index (χ0) is 19.9. The first-order chi connectivity index (χ1) is 13.3. The molecule has 28 heavy (non-hydrogen) atoms. The van der Waals surface area contributed by atoms with Gasteiger partial charge in [-0.15, -0.1) is 0 Å². The molecule has 1 aromatic carbocycles. The lowest BCUT2D eigenvalue weighted by molar-refractivity contribution is 0.0258. The molecule has 0 spiro atoms. The monoisotopic (exact) mass is 384 g/mol. The van der Waals surface area contributed by atoms with E-state index in [2.05, 4.69) is 18.0 Å². The largest absolute Gasteiger partial charge is 0.490 e. The minimum absolute atomic E-state index is 0.247. The van der Waals surface area contributed by atoms with Crippen molar-refractivity contribution >= 4 is 11.8 Å². The van der Waals surface area contributed by atoms with E-state index in [4.69, 9.17) is 13.9 Å². The van der Waals surface area contributed by atoms with E-state index in [1.165, 1.54) is 11.1 Å². The maximum atomic E-state index is 12.6. The predicted molar refractivity (Wildman–Crippen MR) is 108 cm³/mol. The highest BCUT2D eigenvalue weighted by molar-refractivity contribution is 5.87. The molecule has 0 fully saturated rings. The van der Waals surface area contributed by atoms with E-state index >= 15 is 0 Å². The summed E-state index contributed by atoms with van der Waals surface area (Å²) in [6.45, 7) is 8.50. The van der Waals surface area contributed by atoms with E-state index in [-0.39, 0.29) is 6.09 Å². The molecule has 0 radical (unpaired) electrons. The van der Waals surface area contributed by atoms with Crippen LogP contribution in [0.15, 0.2) is 29.1 Å². The van der Waals surface area contributed by atoms with Gasteiger partial charge in [-0.25, -0.2) is 4.79 Å². The van der Waals surface area contributed by atoms with Crippen LogP contribution in [-0.2, 0) is 17.6 Å². The fourth-order valence-corrected chi connectivity index (χ4v) is 3.98. The van der Waals surface area contributed by atoms with E-state index in [9.17, 15) is 4.79 Å². The molecule has 0 bridgehead atoms. The molecule has 6 nitrogen and oxygen atoms in total. The molecule has 150 valence electrons. The summed E-state index contributed by atoms with van der Waals surface area (Å²) in [4.78, 5) is 16.7. The van der Waals surface area contributed by atoms with Crippen molar-refractivity contribution < 1.29 is 18.7 Å². The first-order valence-corrected chi connectivity index (χ1v) is 9.86. The Labute approximate surface area is 166 Å². The number of carbonyl (C=O) groups excluding carboxylic acids is 1. The second-order valence-corrected chi connectivity index (χ2v) is 8.49. The van der Waals surface area contributed by atoms with Crippen LogP contribution in [0.1, 0.15) is 31.9 Å². The Kier molecular flexibility index (Phi) is 4.73. The zero-order valence-corrected chi connectivity index (χ0v) is 17.1. The van der Waals surface area contributed by atoms with Crippen LogP contribution in [0, 0.1) is 0 Å². The Morgan fingerprint density at radius 2 is 1.96 bits per heavy atom. The van der Waals surface area contributed by atoms with E-state index < -0.39 is 5.60 Å². The van der Waals surface area contributed by atoms with Gasteiger partial charge < -0.3 is 23.7 Å². The van der Waals surface area contributed by atoms with Crippen molar-refractivity contribution in [2.24, 2.45) is 0 Å². The highest BCUT2D eigenvalue weighted by Crippen LogP contribution is 2.45. The summed E-state index contributed by atoms with van der Waals surface area (Å²) in [5.41, 5.74) is 5.33. The number of hydrogen-bond acceptors (Lipinski definition) is 5. The molecule has 1 amide bonds. The van der Waals surface area contributed by atoms with Gasteiger partial charge in [-0.3, -0.25) is 0 Å². The molecule has 4 rings (SSSR count). The number of carbonyl (C=O) groups is 1. The third kappa shape index (κ3) is 3.55. The molecule has 3 heterocycles. The summed E-state index contributed by atoms with van der Waals surface area (Å²) in [6.07, 6.45) is 4.79. The third-order valence-corrected chi connectivity index (χ3v) is 5.28. The molecule has 2 aliphatic heterocycles. The molecule has 2 aromatic rings. The molecule has 0 aliphatic carbocycles. The number of hydrogen-bond donors (Lipinski definition) is 0. The van der Waals surface area contributed by atoms with Crippen LogP contribution in [0.5, 0.6) is 5.75 Å². The number of benzene rings is 1. The summed E-state index contributed by atoms with van der Waals surface area (Å²) < 4.78 is 17.0. The molecular formula is C22H28N2O4. The molecule has 0 unspecified atom stereocenters. The lowest BCUT2D eigenvalue weighted by Gasteiger charge is -2.32. The molecular weight excluding hydrogens is 356 g/mol. The fraction of sp³-hybridized carbons (Fsp3) is 0.500. The van der Waals surface area contributed by atoms with Crippen molar-refractivity contribution in [3.63, 3.8) is 0 Å². The number of ether oxygens (including phenoxy) is 2. The first kappa shape index (κ1) is 18.7. The normalized spacial score (nSPS) is 16.7. The average molecular weight is 384 g/mol. The SMILES string of the molecule is CN1CCOc2cc3c(c(-c4ccoc4)c21)CCN(C(=O)OC(C)(C)C)CC3. The minimum atomic E-state index is -0.492. The summed E-state index contributed by atoms with van der Waals surface area (Å²) in [7, 11) is 2.10. The average Bonchev–Trinajstić information content (AvgIpc) is 3.05. The van der Waals surface area contributed by atoms with Crippen LogP contribution >= 0.6 is 0 Å². The smallest absolute Gasteiger partial charge is 0.410 e. The van der Waals surface area contributed by atoms with Crippen molar-refractivity contribution in [3.05, 3.63) is 35.8 Å². The number of nitrogens with zero attached hydrogens (tertiary/aromatic N) is 2. The van der Waals surface area contributed by atoms with Crippen LogP contribution in [0.3, 0.4) is 0 Å². The maximum Gasteiger partial charge on any atom is 0.410 e. The van der Waals surface area contributed by atoms with Gasteiger partial charge in [0.2, 0.25) is 0 Å². The van der Waals surface area contributed by atoms with Gasteiger partial charge in [0.25, 0.3) is 0 Å². The van der Waals surface area contributed by atoms with Gasteiger partial charge in [-0.2, -0.15) is 0 Å². The molecule has 0 saturated heterocycles. The number of furan rings is 1. The highest BCUT2D eigenvalue weighted by Gasteiger charge is 2.29. The van der Waals surface area contributed by atoms with Crippen molar-refractivity contribution in [2.45, 2.75) is 39.2 Å². The standard InChI is InChI=1S/C22H28N2O4/c1-22(2,3)28-21(25)24-8-5-15-13-18-20(23(4)10-12-27-18)19(17(15)6-9-24)16-7-11-26-14-16/h7,11,13-14H,5-6,8-10,12H2,1-4H3. The molecule has 0 N–H and O–H groups in total. The highest BCUT2D eigenvalue weighted by atomic mass is 16.6. The third-order valence-electron chi connectivity index (χ3n) is 5.28. The molecule has 0 saturated carbocycles. The van der Waals surface area contributed by atoms with Gasteiger partial charge in [0.05, 0.1) is 24.8 Å². The van der Waals surface area contributed by atoms with Gasteiger partial charge in [0.1, 0.15) is 18.0 Å². The van der Waals surface area contributed by atoms with Crippen molar-refractivity contribution in [3.8, 4) is 16.9 Å². The fourth-order valence-electron chi connectivity index (χ4n) is 3.98. The minimum Gasteiger partial charge on any atom is -0.490 e. The van der Waals surface area contributed by atoms with Gasteiger partial charge in [-0.1, -0.05) is 0 Å². The van der Waals surface area contributed by atoms with Crippen molar-refractivity contribution in [2.75, 3.05) is 38.2 Å². The molecule has 6 heteroatoms. The number of likely N-dealkylation sites (N-methyl/N-ethyl adjacent to an activating group) is 1. The lowest BCUT2D eigenvalue weighted by Crippen LogP contribution is -2.38. The lowest BCUT2D eigenvalue weighted by atomic mass is 9.90. The molecule has 2 aliphatic rings. The van der Waals surface area contributed by atoms with Gasteiger partial charge >= 0.3 is 6.09 Å². The molecule has 0 atom stereocenters. The van der Waals surface area contributed by atoms with Gasteiger partial charge in [0, 0.05) is 31.3 Å².